The van der Waals surface area contributed by atoms with Crippen LogP contribution in [0.5, 0.6) is 0 Å². The van der Waals surface area contributed by atoms with Gasteiger partial charge in [-0.25, -0.2) is 9.97 Å². The molecule has 0 radical (unpaired) electrons. The first-order valence-corrected chi connectivity index (χ1v) is 9.41. The first-order valence-electron chi connectivity index (χ1n) is 7.71. The topological polar surface area (TPSA) is 68.0 Å². The molecule has 0 saturated heterocycles. The van der Waals surface area contributed by atoms with E-state index in [1.165, 1.54) is 28.2 Å². The molecular weight excluding hydrogens is 354 g/mol. The summed E-state index contributed by atoms with van der Waals surface area (Å²) in [7, 11) is 0. The van der Waals surface area contributed by atoms with E-state index < -0.39 is 0 Å². The zero-order chi connectivity index (χ0) is 17.6. The average molecular weight is 369 g/mol. The van der Waals surface area contributed by atoms with Gasteiger partial charge in [-0.3, -0.25) is 10.1 Å². The van der Waals surface area contributed by atoms with Gasteiger partial charge in [-0.05, 0) is 49.4 Å². The fraction of sp³-hybridized carbons (Fsp3) is 0.167. The lowest BCUT2D eigenvalue weighted by molar-refractivity contribution is 0.102. The molecule has 0 aliphatic rings. The van der Waals surface area contributed by atoms with Gasteiger partial charge in [-0.15, -0.1) is 11.3 Å². The number of hydrogen-bond acceptors (Lipinski definition) is 6. The predicted molar refractivity (Wildman–Crippen MR) is 102 cm³/mol. The van der Waals surface area contributed by atoms with Crippen LogP contribution in [0.2, 0.25) is 0 Å². The molecule has 4 aromatic rings. The van der Waals surface area contributed by atoms with Crippen molar-refractivity contribution in [3.8, 4) is 10.8 Å². The molecule has 1 aromatic carbocycles. The number of aryl methyl sites for hydroxylation is 3. The van der Waals surface area contributed by atoms with Crippen molar-refractivity contribution in [2.45, 2.75) is 20.8 Å². The molecule has 25 heavy (non-hydrogen) atoms. The minimum atomic E-state index is -0.308. The summed E-state index contributed by atoms with van der Waals surface area (Å²) in [5.41, 5.74) is 3.49. The maximum absolute atomic E-state index is 12.6. The van der Waals surface area contributed by atoms with Crippen molar-refractivity contribution in [2.75, 3.05) is 5.32 Å². The second-order valence-electron chi connectivity index (χ2n) is 5.80. The molecule has 3 heterocycles. The molecule has 0 unspecified atom stereocenters. The lowest BCUT2D eigenvalue weighted by atomic mass is 10.1. The Balaban J connectivity index is 1.63. The second-order valence-corrected chi connectivity index (χ2v) is 7.78. The first-order chi connectivity index (χ1) is 12.0. The number of thiazole rings is 1. The number of fused-ring (bicyclic) bond motifs is 1. The number of oxazole rings is 1. The molecule has 1 amide bonds. The van der Waals surface area contributed by atoms with Gasteiger partial charge >= 0.3 is 0 Å². The van der Waals surface area contributed by atoms with Crippen molar-refractivity contribution in [3.63, 3.8) is 0 Å². The number of nitrogens with zero attached hydrogens (tertiary/aromatic N) is 2. The Hall–Kier alpha value is -2.51. The molecule has 0 saturated carbocycles. The highest BCUT2D eigenvalue weighted by atomic mass is 32.1. The summed E-state index contributed by atoms with van der Waals surface area (Å²) < 4.78 is 6.69. The van der Waals surface area contributed by atoms with Gasteiger partial charge in [0.05, 0.1) is 15.1 Å². The highest BCUT2D eigenvalue weighted by molar-refractivity contribution is 7.22. The summed E-state index contributed by atoms with van der Waals surface area (Å²) >= 11 is 2.98. The van der Waals surface area contributed by atoms with Crippen LogP contribution in [0.1, 0.15) is 27.4 Å². The molecule has 0 fully saturated rings. The zero-order valence-corrected chi connectivity index (χ0v) is 15.5. The molecule has 0 aliphatic heterocycles. The average Bonchev–Trinajstić information content (AvgIpc) is 3.25. The van der Waals surface area contributed by atoms with Gasteiger partial charge in [0, 0.05) is 0 Å². The van der Waals surface area contributed by atoms with Crippen LogP contribution in [0.4, 0.5) is 5.13 Å². The minimum Gasteiger partial charge on any atom is -0.440 e. The van der Waals surface area contributed by atoms with E-state index in [0.29, 0.717) is 16.8 Å². The van der Waals surface area contributed by atoms with Gasteiger partial charge in [-0.2, -0.15) is 0 Å². The van der Waals surface area contributed by atoms with E-state index in [9.17, 15) is 4.79 Å². The van der Waals surface area contributed by atoms with E-state index in [0.717, 1.165) is 20.7 Å². The Morgan fingerprint density at radius 2 is 2.04 bits per heavy atom. The number of thiophene rings is 1. The van der Waals surface area contributed by atoms with Crippen molar-refractivity contribution in [3.05, 3.63) is 52.2 Å². The third-order valence-electron chi connectivity index (χ3n) is 3.79. The van der Waals surface area contributed by atoms with E-state index in [-0.39, 0.29) is 11.6 Å². The molecule has 5 nitrogen and oxygen atoms in total. The fourth-order valence-corrected chi connectivity index (χ4v) is 4.38. The fourth-order valence-electron chi connectivity index (χ4n) is 2.69. The van der Waals surface area contributed by atoms with Gasteiger partial charge in [0.2, 0.25) is 5.89 Å². The van der Waals surface area contributed by atoms with Gasteiger partial charge in [-0.1, -0.05) is 23.5 Å². The molecule has 126 valence electrons. The maximum atomic E-state index is 12.6. The summed E-state index contributed by atoms with van der Waals surface area (Å²) in [5.74, 6) is 0.653. The molecule has 0 spiro atoms. The highest BCUT2D eigenvalue weighted by Crippen LogP contribution is 2.30. The highest BCUT2D eigenvalue weighted by Gasteiger charge is 2.20. The summed E-state index contributed by atoms with van der Waals surface area (Å²) in [4.78, 5) is 22.4. The van der Waals surface area contributed by atoms with Crippen molar-refractivity contribution >= 4 is 43.9 Å². The van der Waals surface area contributed by atoms with Crippen LogP contribution in [0.15, 0.2) is 34.1 Å². The summed E-state index contributed by atoms with van der Waals surface area (Å²) in [6.45, 7) is 5.82. The third-order valence-corrected chi connectivity index (χ3v) is 5.57. The standard InChI is InChI=1S/C18H15N3O2S2/c1-9-7-10(2)14-13(8-9)25-18(20-14)21-16(22)15-11(3)23-17(19-15)12-5-4-6-24-12/h4-8H,1-3H3,(H,20,21,22). The normalized spacial score (nSPS) is 11.2. The Morgan fingerprint density at radius 1 is 1.20 bits per heavy atom. The van der Waals surface area contributed by atoms with Gasteiger partial charge < -0.3 is 4.42 Å². The van der Waals surface area contributed by atoms with Gasteiger partial charge in [0.15, 0.2) is 10.8 Å². The van der Waals surface area contributed by atoms with Crippen LogP contribution in [-0.4, -0.2) is 15.9 Å². The molecular formula is C18H15N3O2S2. The molecule has 4 rings (SSSR count). The number of nitrogens with one attached hydrogen (secondary N) is 1. The first kappa shape index (κ1) is 16.0. The lowest BCUT2D eigenvalue weighted by Crippen LogP contribution is -2.13. The number of amides is 1. The number of rotatable bonds is 3. The number of carbonyl (C=O) groups is 1. The van der Waals surface area contributed by atoms with Crippen LogP contribution < -0.4 is 5.32 Å². The molecule has 7 heteroatoms. The molecule has 0 bridgehead atoms. The van der Waals surface area contributed by atoms with Gasteiger partial charge in [0.1, 0.15) is 5.76 Å². The predicted octanol–water partition coefficient (Wildman–Crippen LogP) is 5.19. The van der Waals surface area contributed by atoms with Crippen LogP contribution in [0, 0.1) is 20.8 Å². The Labute approximate surface area is 152 Å². The van der Waals surface area contributed by atoms with Crippen LogP contribution in [0.25, 0.3) is 21.0 Å². The van der Waals surface area contributed by atoms with Crippen LogP contribution in [0.3, 0.4) is 0 Å². The largest absolute Gasteiger partial charge is 0.440 e. The second kappa shape index (κ2) is 6.09. The SMILES string of the molecule is Cc1cc(C)c2nc(NC(=O)c3nc(-c4cccs4)oc3C)sc2c1. The van der Waals surface area contributed by atoms with Crippen LogP contribution in [-0.2, 0) is 0 Å². The molecule has 1 N–H and O–H groups in total. The summed E-state index contributed by atoms with van der Waals surface area (Å²) in [5, 5.41) is 5.35. The number of anilines is 1. The Morgan fingerprint density at radius 3 is 2.80 bits per heavy atom. The molecule has 0 aliphatic carbocycles. The van der Waals surface area contributed by atoms with Crippen LogP contribution >= 0.6 is 22.7 Å². The number of aromatic nitrogens is 2. The monoisotopic (exact) mass is 369 g/mol. The Bertz CT molecular complexity index is 1080. The maximum Gasteiger partial charge on any atom is 0.279 e. The lowest BCUT2D eigenvalue weighted by Gasteiger charge is -1.97. The van der Waals surface area contributed by atoms with Crippen molar-refractivity contribution in [1.82, 2.24) is 9.97 Å². The van der Waals surface area contributed by atoms with E-state index in [4.69, 9.17) is 4.42 Å². The van der Waals surface area contributed by atoms with E-state index in [2.05, 4.69) is 34.3 Å². The molecule has 0 atom stereocenters. The van der Waals surface area contributed by atoms with E-state index in [1.807, 2.05) is 24.4 Å². The number of carbonyl (C=O) groups excluding carboxylic acids is 1. The number of benzene rings is 1. The van der Waals surface area contributed by atoms with Crippen molar-refractivity contribution in [1.29, 1.82) is 0 Å². The van der Waals surface area contributed by atoms with E-state index in [1.54, 1.807) is 6.92 Å². The quantitative estimate of drug-likeness (QED) is 0.539. The Kier molecular flexibility index (Phi) is 3.89. The van der Waals surface area contributed by atoms with Crippen molar-refractivity contribution < 1.29 is 9.21 Å². The summed E-state index contributed by atoms with van der Waals surface area (Å²) in [6, 6.07) is 8.00. The summed E-state index contributed by atoms with van der Waals surface area (Å²) in [6.07, 6.45) is 0. The number of hydrogen-bond donors (Lipinski definition) is 1. The third kappa shape index (κ3) is 2.96. The smallest absolute Gasteiger partial charge is 0.279 e. The van der Waals surface area contributed by atoms with E-state index >= 15 is 0 Å². The zero-order valence-electron chi connectivity index (χ0n) is 13.9. The minimum absolute atomic E-state index is 0.288. The molecule has 3 aromatic heterocycles. The van der Waals surface area contributed by atoms with Gasteiger partial charge in [0.25, 0.3) is 5.91 Å². The van der Waals surface area contributed by atoms with Crippen molar-refractivity contribution in [2.24, 2.45) is 0 Å².